The monoisotopic (exact) mass is 248 g/mol. The predicted octanol–water partition coefficient (Wildman–Crippen LogP) is 1.75. The van der Waals surface area contributed by atoms with E-state index in [1.165, 1.54) is 0 Å². The number of anilines is 1. The van der Waals surface area contributed by atoms with Gasteiger partial charge in [-0.25, -0.2) is 0 Å². The van der Waals surface area contributed by atoms with E-state index in [-0.39, 0.29) is 11.4 Å². The van der Waals surface area contributed by atoms with E-state index < -0.39 is 0 Å². The Bertz CT molecular complexity index is 430. The fourth-order valence-electron chi connectivity index (χ4n) is 2.90. The molecule has 2 N–H and O–H groups in total. The topological polar surface area (TPSA) is 55.6 Å². The van der Waals surface area contributed by atoms with Crippen LogP contribution in [-0.2, 0) is 15.1 Å². The number of methoxy groups -OCH3 is 1. The first-order chi connectivity index (χ1) is 8.60. The molecular weight excluding hydrogens is 228 g/mol. The number of carbonyl (C=O) groups is 1. The molecule has 4 nitrogen and oxygen atoms in total. The number of nitrogen functional groups attached to an aromatic ring is 1. The quantitative estimate of drug-likeness (QED) is 0.829. The summed E-state index contributed by atoms with van der Waals surface area (Å²) in [4.78, 5) is 13.7. The lowest BCUT2D eigenvalue weighted by molar-refractivity contribution is -0.135. The summed E-state index contributed by atoms with van der Waals surface area (Å²) in [5.41, 5.74) is 7.24. The Morgan fingerprint density at radius 1 is 1.44 bits per heavy atom. The third-order valence-corrected chi connectivity index (χ3v) is 3.70. The van der Waals surface area contributed by atoms with Crippen molar-refractivity contribution in [2.75, 3.05) is 26.0 Å². The Hall–Kier alpha value is -1.55. The summed E-state index contributed by atoms with van der Waals surface area (Å²) in [6, 6.07) is 7.75. The average Bonchev–Trinajstić information content (AvgIpc) is 2.75. The van der Waals surface area contributed by atoms with Crippen LogP contribution in [0.2, 0.25) is 0 Å². The number of nitrogens with two attached hydrogens (primary N) is 1. The molecule has 0 aliphatic carbocycles. The maximum absolute atomic E-state index is 11.8. The molecule has 1 fully saturated rings. The van der Waals surface area contributed by atoms with Crippen LogP contribution in [0.3, 0.4) is 0 Å². The van der Waals surface area contributed by atoms with Crippen molar-refractivity contribution in [2.24, 2.45) is 0 Å². The number of nitrogens with zero attached hydrogens (tertiary/aromatic N) is 1. The van der Waals surface area contributed by atoms with Crippen LogP contribution in [0.15, 0.2) is 24.3 Å². The van der Waals surface area contributed by atoms with Gasteiger partial charge in [-0.2, -0.15) is 0 Å². The predicted molar refractivity (Wildman–Crippen MR) is 71.0 cm³/mol. The summed E-state index contributed by atoms with van der Waals surface area (Å²) in [6.45, 7) is 2.94. The molecule has 2 rings (SSSR count). The van der Waals surface area contributed by atoms with Crippen LogP contribution >= 0.6 is 0 Å². The number of amides is 1. The minimum absolute atomic E-state index is 0.0985. The lowest BCUT2D eigenvalue weighted by atomic mass is 9.87. The Morgan fingerprint density at radius 3 is 2.67 bits per heavy atom. The van der Waals surface area contributed by atoms with Crippen LogP contribution in [0, 0.1) is 0 Å². The zero-order valence-corrected chi connectivity index (χ0v) is 11.0. The molecule has 1 aliphatic heterocycles. The van der Waals surface area contributed by atoms with E-state index in [1.54, 1.807) is 14.0 Å². The smallest absolute Gasteiger partial charge is 0.220 e. The van der Waals surface area contributed by atoms with Gasteiger partial charge in [0.15, 0.2) is 0 Å². The van der Waals surface area contributed by atoms with E-state index in [0.29, 0.717) is 6.61 Å². The van der Waals surface area contributed by atoms with Gasteiger partial charge >= 0.3 is 0 Å². The molecule has 1 aromatic rings. The van der Waals surface area contributed by atoms with Crippen LogP contribution < -0.4 is 5.73 Å². The van der Waals surface area contributed by atoms with E-state index in [1.807, 2.05) is 29.2 Å². The van der Waals surface area contributed by atoms with Gasteiger partial charge in [0, 0.05) is 26.3 Å². The molecule has 0 spiro atoms. The Balaban J connectivity index is 2.42. The Morgan fingerprint density at radius 2 is 2.11 bits per heavy atom. The van der Waals surface area contributed by atoms with Crippen LogP contribution in [0.1, 0.15) is 25.3 Å². The van der Waals surface area contributed by atoms with Gasteiger partial charge in [-0.3, -0.25) is 4.79 Å². The van der Waals surface area contributed by atoms with E-state index in [0.717, 1.165) is 30.6 Å². The van der Waals surface area contributed by atoms with Gasteiger partial charge in [0.2, 0.25) is 5.91 Å². The van der Waals surface area contributed by atoms with E-state index in [9.17, 15) is 4.79 Å². The Kier molecular flexibility index (Phi) is 3.57. The molecule has 1 aliphatic rings. The second-order valence-corrected chi connectivity index (χ2v) is 4.86. The zero-order valence-electron chi connectivity index (χ0n) is 11.0. The zero-order chi connectivity index (χ0) is 13.2. The summed E-state index contributed by atoms with van der Waals surface area (Å²) in [5, 5.41) is 0. The van der Waals surface area contributed by atoms with Crippen LogP contribution in [0.4, 0.5) is 5.69 Å². The second-order valence-electron chi connectivity index (χ2n) is 4.86. The molecule has 98 valence electrons. The molecule has 1 amide bonds. The number of carbonyl (C=O) groups excluding carboxylic acids is 1. The minimum atomic E-state index is -0.325. The molecule has 1 saturated heterocycles. The van der Waals surface area contributed by atoms with Crippen LogP contribution in [0.25, 0.3) is 0 Å². The van der Waals surface area contributed by atoms with Crippen molar-refractivity contribution < 1.29 is 9.53 Å². The molecule has 1 heterocycles. The summed E-state index contributed by atoms with van der Waals surface area (Å²) < 4.78 is 5.37. The third kappa shape index (κ3) is 2.08. The van der Waals surface area contributed by atoms with Crippen LogP contribution in [-0.4, -0.2) is 31.1 Å². The molecule has 1 atom stereocenters. The van der Waals surface area contributed by atoms with E-state index in [2.05, 4.69) is 0 Å². The first-order valence-corrected chi connectivity index (χ1v) is 6.23. The number of likely N-dealkylation sites (tertiary alicyclic amines) is 1. The molecular formula is C14H20N2O2. The lowest BCUT2D eigenvalue weighted by Crippen LogP contribution is -2.47. The van der Waals surface area contributed by atoms with Crippen LogP contribution in [0.5, 0.6) is 0 Å². The highest BCUT2D eigenvalue weighted by Gasteiger charge is 2.43. The molecule has 18 heavy (non-hydrogen) atoms. The molecule has 0 bridgehead atoms. The molecule has 1 unspecified atom stereocenters. The van der Waals surface area contributed by atoms with E-state index >= 15 is 0 Å². The largest absolute Gasteiger partial charge is 0.399 e. The van der Waals surface area contributed by atoms with Crippen molar-refractivity contribution in [3.63, 3.8) is 0 Å². The number of benzene rings is 1. The van der Waals surface area contributed by atoms with Crippen molar-refractivity contribution in [1.29, 1.82) is 0 Å². The molecule has 0 saturated carbocycles. The number of hydrogen-bond acceptors (Lipinski definition) is 3. The summed E-state index contributed by atoms with van der Waals surface area (Å²) in [6.07, 6.45) is 1.94. The highest BCUT2D eigenvalue weighted by Crippen LogP contribution is 2.39. The maximum atomic E-state index is 11.8. The molecule has 4 heteroatoms. The second kappa shape index (κ2) is 4.98. The Labute approximate surface area is 108 Å². The number of hydrogen-bond donors (Lipinski definition) is 1. The summed E-state index contributed by atoms with van der Waals surface area (Å²) in [5.74, 6) is 0.0985. The van der Waals surface area contributed by atoms with Crippen molar-refractivity contribution in [2.45, 2.75) is 25.3 Å². The van der Waals surface area contributed by atoms with Gasteiger partial charge in [0.25, 0.3) is 0 Å². The SMILES string of the molecule is COCC1(c2ccc(N)cc2)CCCN1C(C)=O. The van der Waals surface area contributed by atoms with Gasteiger partial charge in [-0.05, 0) is 30.5 Å². The van der Waals surface area contributed by atoms with Crippen molar-refractivity contribution >= 4 is 11.6 Å². The third-order valence-electron chi connectivity index (χ3n) is 3.70. The maximum Gasteiger partial charge on any atom is 0.220 e. The first-order valence-electron chi connectivity index (χ1n) is 6.23. The fraction of sp³-hybridized carbons (Fsp3) is 0.500. The highest BCUT2D eigenvalue weighted by molar-refractivity contribution is 5.75. The highest BCUT2D eigenvalue weighted by atomic mass is 16.5. The van der Waals surface area contributed by atoms with Crippen molar-refractivity contribution in [3.05, 3.63) is 29.8 Å². The van der Waals surface area contributed by atoms with Gasteiger partial charge in [0.1, 0.15) is 0 Å². The summed E-state index contributed by atoms with van der Waals surface area (Å²) in [7, 11) is 1.68. The van der Waals surface area contributed by atoms with Gasteiger partial charge < -0.3 is 15.4 Å². The minimum Gasteiger partial charge on any atom is -0.399 e. The molecule has 0 radical (unpaired) electrons. The van der Waals surface area contributed by atoms with Gasteiger partial charge in [-0.1, -0.05) is 12.1 Å². The van der Waals surface area contributed by atoms with E-state index in [4.69, 9.17) is 10.5 Å². The van der Waals surface area contributed by atoms with Crippen molar-refractivity contribution in [3.8, 4) is 0 Å². The molecule has 0 aromatic heterocycles. The number of ether oxygens (including phenoxy) is 1. The normalized spacial score (nSPS) is 23.3. The first kappa shape index (κ1) is 12.9. The molecule has 1 aromatic carbocycles. The fourth-order valence-corrected chi connectivity index (χ4v) is 2.90. The lowest BCUT2D eigenvalue weighted by Gasteiger charge is -2.38. The number of rotatable bonds is 3. The summed E-state index contributed by atoms with van der Waals surface area (Å²) >= 11 is 0. The van der Waals surface area contributed by atoms with Gasteiger partial charge in [-0.15, -0.1) is 0 Å². The van der Waals surface area contributed by atoms with Crippen molar-refractivity contribution in [1.82, 2.24) is 4.90 Å². The van der Waals surface area contributed by atoms with Gasteiger partial charge in [0.05, 0.1) is 12.1 Å². The standard InChI is InChI=1S/C14H20N2O2/c1-11(17)16-9-3-8-14(16,10-18-2)12-4-6-13(15)7-5-12/h4-7H,3,8-10,15H2,1-2H3. The average molecular weight is 248 g/mol.